The van der Waals surface area contributed by atoms with Gasteiger partial charge in [-0.3, -0.25) is 0 Å². The molecule has 13 heavy (non-hydrogen) atoms. The van der Waals surface area contributed by atoms with E-state index in [1.54, 1.807) is 12.1 Å². The minimum atomic E-state index is -0.0149. The molecule has 0 saturated heterocycles. The first-order valence-corrected chi connectivity index (χ1v) is 4.24. The molecule has 0 fully saturated rings. The van der Waals surface area contributed by atoms with Gasteiger partial charge in [-0.15, -0.1) is 0 Å². The van der Waals surface area contributed by atoms with Crippen molar-refractivity contribution in [2.24, 2.45) is 0 Å². The molecule has 0 amide bonds. The molecule has 0 unspecified atom stereocenters. The first kappa shape index (κ1) is 9.51. The Balaban J connectivity index is 3.08. The highest BCUT2D eigenvalue weighted by atomic mass is 32.1. The van der Waals surface area contributed by atoms with Crippen molar-refractivity contribution in [3.8, 4) is 23.7 Å². The molecule has 2 nitrogen and oxygen atoms in total. The second-order valence-corrected chi connectivity index (χ2v) is 2.62. The highest BCUT2D eigenvalue weighted by Gasteiger charge is 1.98. The molecule has 1 rings (SSSR count). The number of nitriles is 1. The summed E-state index contributed by atoms with van der Waals surface area (Å²) in [7, 11) is 0. The Kier molecular flexibility index (Phi) is 3.25. The number of phenolic OH excluding ortho intramolecular Hbond substituents is 1. The Morgan fingerprint density at radius 3 is 2.85 bits per heavy atom. The number of hydrogen-bond donors (Lipinski definition) is 2. The van der Waals surface area contributed by atoms with Crippen LogP contribution >= 0.6 is 12.6 Å². The Morgan fingerprint density at radius 2 is 2.23 bits per heavy atom. The Hall–Kier alpha value is -1.58. The second kappa shape index (κ2) is 4.45. The van der Waals surface area contributed by atoms with Gasteiger partial charge in [-0.05, 0) is 18.2 Å². The fraction of sp³-hybridized carbons (Fsp3) is 0.100. The van der Waals surface area contributed by atoms with Gasteiger partial charge in [-0.25, -0.2) is 0 Å². The number of rotatable bonds is 0. The Bertz CT molecular complexity index is 409. The quantitative estimate of drug-likeness (QED) is 0.480. The molecular weight excluding hydrogens is 182 g/mol. The molecule has 0 radical (unpaired) electrons. The minimum absolute atomic E-state index is 0.0149. The third kappa shape index (κ3) is 2.43. The Labute approximate surface area is 82.2 Å². The van der Waals surface area contributed by atoms with Crippen molar-refractivity contribution in [1.29, 1.82) is 5.26 Å². The maximum atomic E-state index is 9.17. The first-order chi connectivity index (χ1) is 6.27. The predicted molar refractivity (Wildman–Crippen MR) is 53.6 cm³/mol. The van der Waals surface area contributed by atoms with Gasteiger partial charge in [0.1, 0.15) is 11.8 Å². The molecular formula is C10H7NOS. The van der Waals surface area contributed by atoms with Gasteiger partial charge in [0.2, 0.25) is 0 Å². The topological polar surface area (TPSA) is 44.0 Å². The maximum absolute atomic E-state index is 9.17. The lowest BCUT2D eigenvalue weighted by atomic mass is 10.1. The van der Waals surface area contributed by atoms with E-state index in [-0.39, 0.29) is 11.3 Å². The Morgan fingerprint density at radius 1 is 1.46 bits per heavy atom. The lowest BCUT2D eigenvalue weighted by Crippen LogP contribution is -1.79. The molecule has 0 aliphatic rings. The summed E-state index contributed by atoms with van der Waals surface area (Å²) in [5.74, 6) is 6.03. The molecule has 0 aromatic heterocycles. The van der Waals surface area contributed by atoms with E-state index in [2.05, 4.69) is 24.5 Å². The van der Waals surface area contributed by atoms with Gasteiger partial charge in [0.25, 0.3) is 0 Å². The van der Waals surface area contributed by atoms with E-state index in [4.69, 9.17) is 5.26 Å². The van der Waals surface area contributed by atoms with Crippen molar-refractivity contribution in [2.75, 3.05) is 5.75 Å². The van der Waals surface area contributed by atoms with Crippen molar-refractivity contribution < 1.29 is 5.11 Å². The molecule has 0 heterocycles. The molecule has 0 atom stereocenters. The third-order valence-corrected chi connectivity index (χ3v) is 1.59. The molecule has 1 aromatic rings. The van der Waals surface area contributed by atoms with Crippen LogP contribution in [0, 0.1) is 23.2 Å². The van der Waals surface area contributed by atoms with Crippen LogP contribution in [0.3, 0.4) is 0 Å². The molecule has 0 spiro atoms. The van der Waals surface area contributed by atoms with E-state index in [9.17, 15) is 5.11 Å². The average Bonchev–Trinajstić information content (AvgIpc) is 2.16. The minimum Gasteiger partial charge on any atom is -0.507 e. The molecule has 0 aliphatic heterocycles. The maximum Gasteiger partial charge on any atom is 0.133 e. The number of benzene rings is 1. The average molecular weight is 189 g/mol. The summed E-state index contributed by atoms with van der Waals surface area (Å²) in [5, 5.41) is 17.8. The highest BCUT2D eigenvalue weighted by Crippen LogP contribution is 2.16. The number of nitrogens with zero attached hydrogens (tertiary/aromatic N) is 1. The monoisotopic (exact) mass is 189 g/mol. The summed E-state index contributed by atoms with van der Waals surface area (Å²) in [6, 6.07) is 6.54. The number of thiol groups is 1. The summed E-state index contributed by atoms with van der Waals surface area (Å²) in [5.41, 5.74) is 0.953. The second-order valence-electron chi connectivity index (χ2n) is 2.30. The summed E-state index contributed by atoms with van der Waals surface area (Å²) >= 11 is 3.93. The van der Waals surface area contributed by atoms with Crippen molar-refractivity contribution >= 4 is 12.6 Å². The SMILES string of the molecule is N#Cc1cc(C#CCS)ccc1O. The van der Waals surface area contributed by atoms with Crippen LogP contribution in [0.4, 0.5) is 0 Å². The third-order valence-electron chi connectivity index (χ3n) is 1.43. The summed E-state index contributed by atoms with van der Waals surface area (Å²) < 4.78 is 0. The fourth-order valence-corrected chi connectivity index (χ4v) is 0.924. The van der Waals surface area contributed by atoms with Crippen LogP contribution in [0.1, 0.15) is 11.1 Å². The number of hydrogen-bond acceptors (Lipinski definition) is 3. The normalized spacial score (nSPS) is 8.31. The molecule has 0 saturated carbocycles. The zero-order valence-electron chi connectivity index (χ0n) is 6.78. The van der Waals surface area contributed by atoms with Crippen molar-refractivity contribution in [3.05, 3.63) is 29.3 Å². The van der Waals surface area contributed by atoms with Crippen LogP contribution in [0.25, 0.3) is 0 Å². The van der Waals surface area contributed by atoms with Crippen molar-refractivity contribution in [1.82, 2.24) is 0 Å². The summed E-state index contributed by atoms with van der Waals surface area (Å²) in [6.07, 6.45) is 0. The van der Waals surface area contributed by atoms with Gasteiger partial charge >= 0.3 is 0 Å². The largest absolute Gasteiger partial charge is 0.507 e. The van der Waals surface area contributed by atoms with Crippen LogP contribution < -0.4 is 0 Å². The number of phenols is 1. The summed E-state index contributed by atoms with van der Waals surface area (Å²) in [4.78, 5) is 0. The van der Waals surface area contributed by atoms with Gasteiger partial charge in [0.15, 0.2) is 0 Å². The van der Waals surface area contributed by atoms with Gasteiger partial charge in [0, 0.05) is 5.56 Å². The predicted octanol–water partition coefficient (Wildman–Crippen LogP) is 1.55. The van der Waals surface area contributed by atoms with E-state index in [1.807, 2.05) is 6.07 Å². The number of aromatic hydroxyl groups is 1. The van der Waals surface area contributed by atoms with E-state index in [0.717, 1.165) is 0 Å². The van der Waals surface area contributed by atoms with Crippen molar-refractivity contribution in [2.45, 2.75) is 0 Å². The van der Waals surface area contributed by atoms with E-state index >= 15 is 0 Å². The zero-order valence-corrected chi connectivity index (χ0v) is 7.68. The lowest BCUT2D eigenvalue weighted by Gasteiger charge is -1.95. The molecule has 0 bridgehead atoms. The van der Waals surface area contributed by atoms with Crippen molar-refractivity contribution in [3.63, 3.8) is 0 Å². The van der Waals surface area contributed by atoms with E-state index in [0.29, 0.717) is 11.3 Å². The van der Waals surface area contributed by atoms with Gasteiger partial charge in [-0.2, -0.15) is 17.9 Å². The molecule has 64 valence electrons. The fourth-order valence-electron chi connectivity index (χ4n) is 0.845. The summed E-state index contributed by atoms with van der Waals surface area (Å²) in [6.45, 7) is 0. The van der Waals surface area contributed by atoms with Crippen LogP contribution in [-0.2, 0) is 0 Å². The van der Waals surface area contributed by atoms with Gasteiger partial charge in [-0.1, -0.05) is 11.8 Å². The van der Waals surface area contributed by atoms with Gasteiger partial charge < -0.3 is 5.11 Å². The smallest absolute Gasteiger partial charge is 0.133 e. The zero-order chi connectivity index (χ0) is 9.68. The lowest BCUT2D eigenvalue weighted by molar-refractivity contribution is 0.473. The van der Waals surface area contributed by atoms with Crippen LogP contribution in [0.2, 0.25) is 0 Å². The van der Waals surface area contributed by atoms with Crippen LogP contribution in [-0.4, -0.2) is 10.9 Å². The van der Waals surface area contributed by atoms with E-state index < -0.39 is 0 Å². The van der Waals surface area contributed by atoms with E-state index in [1.165, 1.54) is 6.07 Å². The standard InChI is InChI=1S/C10H7NOS/c11-7-9-6-8(2-1-5-13)3-4-10(9)12/h3-4,6,12-13H,5H2. The first-order valence-electron chi connectivity index (χ1n) is 3.61. The molecule has 3 heteroatoms. The molecule has 1 aromatic carbocycles. The van der Waals surface area contributed by atoms with Gasteiger partial charge in [0.05, 0.1) is 11.3 Å². The van der Waals surface area contributed by atoms with Crippen LogP contribution in [0.5, 0.6) is 5.75 Å². The highest BCUT2D eigenvalue weighted by molar-refractivity contribution is 7.80. The molecule has 1 N–H and O–H groups in total. The molecule has 0 aliphatic carbocycles. The van der Waals surface area contributed by atoms with Crippen LogP contribution in [0.15, 0.2) is 18.2 Å².